The summed E-state index contributed by atoms with van der Waals surface area (Å²) >= 11 is 1.38. The number of hydrogen-bond donors (Lipinski definition) is 2. The zero-order valence-corrected chi connectivity index (χ0v) is 14.4. The lowest BCUT2D eigenvalue weighted by Gasteiger charge is -2.26. The highest BCUT2D eigenvalue weighted by molar-refractivity contribution is 8.00. The molecule has 1 aliphatic heterocycles. The molecule has 2 fully saturated rings. The van der Waals surface area contributed by atoms with Gasteiger partial charge in [0.25, 0.3) is 0 Å². The maximum absolute atomic E-state index is 11.9. The fourth-order valence-corrected chi connectivity index (χ4v) is 3.62. The zero-order chi connectivity index (χ0) is 15.1. The molecule has 0 radical (unpaired) electrons. The number of halogens is 1. The molecule has 6 nitrogen and oxygen atoms in total. The van der Waals surface area contributed by atoms with Gasteiger partial charge in [-0.15, -0.1) is 24.2 Å². The summed E-state index contributed by atoms with van der Waals surface area (Å²) in [6.07, 6.45) is 3.25. The molecular formula is C14H26ClN3O3S. The van der Waals surface area contributed by atoms with Gasteiger partial charge in [-0.05, 0) is 25.3 Å². The molecule has 1 saturated heterocycles. The van der Waals surface area contributed by atoms with Gasteiger partial charge in [0.2, 0.25) is 11.8 Å². The lowest BCUT2D eigenvalue weighted by Crippen LogP contribution is -2.42. The van der Waals surface area contributed by atoms with Crippen molar-refractivity contribution in [3.63, 3.8) is 0 Å². The monoisotopic (exact) mass is 351 g/mol. The number of ether oxygens (including phenoxy) is 1. The minimum atomic E-state index is 0. The first-order valence-corrected chi connectivity index (χ1v) is 8.79. The first-order chi connectivity index (χ1) is 10.2. The number of nitrogens with one attached hydrogen (secondary N) is 1. The van der Waals surface area contributed by atoms with E-state index in [2.05, 4.69) is 5.32 Å². The van der Waals surface area contributed by atoms with E-state index in [1.807, 2.05) is 0 Å². The van der Waals surface area contributed by atoms with E-state index in [0.29, 0.717) is 50.3 Å². The van der Waals surface area contributed by atoms with Crippen molar-refractivity contribution in [2.45, 2.75) is 25.3 Å². The molecule has 3 N–H and O–H groups in total. The van der Waals surface area contributed by atoms with Crippen molar-refractivity contribution in [3.8, 4) is 0 Å². The highest BCUT2D eigenvalue weighted by Gasteiger charge is 2.27. The summed E-state index contributed by atoms with van der Waals surface area (Å²) in [4.78, 5) is 25.6. The van der Waals surface area contributed by atoms with E-state index in [4.69, 9.17) is 10.5 Å². The zero-order valence-electron chi connectivity index (χ0n) is 12.8. The number of nitrogens with zero attached hydrogens (tertiary/aromatic N) is 1. The summed E-state index contributed by atoms with van der Waals surface area (Å²) in [5, 5.41) is 3.05. The van der Waals surface area contributed by atoms with Gasteiger partial charge >= 0.3 is 0 Å². The van der Waals surface area contributed by atoms with Crippen molar-refractivity contribution >= 4 is 36.0 Å². The molecule has 22 heavy (non-hydrogen) atoms. The number of rotatable bonds is 6. The van der Waals surface area contributed by atoms with Gasteiger partial charge in [-0.25, -0.2) is 0 Å². The van der Waals surface area contributed by atoms with Crippen molar-refractivity contribution in [1.82, 2.24) is 10.2 Å². The third-order valence-electron chi connectivity index (χ3n) is 4.13. The van der Waals surface area contributed by atoms with Crippen molar-refractivity contribution < 1.29 is 14.3 Å². The predicted octanol–water partition coefficient (Wildman–Crippen LogP) is 0.244. The van der Waals surface area contributed by atoms with Crippen LogP contribution in [-0.2, 0) is 14.3 Å². The lowest BCUT2D eigenvalue weighted by atomic mass is 10.0. The number of carbonyl (C=O) groups is 2. The number of morpholine rings is 1. The highest BCUT2D eigenvalue weighted by atomic mass is 35.5. The molecule has 0 spiro atoms. The van der Waals surface area contributed by atoms with E-state index in [0.717, 1.165) is 19.3 Å². The maximum atomic E-state index is 11.9. The summed E-state index contributed by atoms with van der Waals surface area (Å²) in [7, 11) is 0. The van der Waals surface area contributed by atoms with Crippen LogP contribution in [0.2, 0.25) is 0 Å². The third-order valence-corrected chi connectivity index (χ3v) is 5.05. The number of carbonyl (C=O) groups excluding carboxylic acids is 2. The molecule has 2 amide bonds. The van der Waals surface area contributed by atoms with E-state index in [1.165, 1.54) is 11.8 Å². The van der Waals surface area contributed by atoms with Crippen molar-refractivity contribution in [1.29, 1.82) is 0 Å². The summed E-state index contributed by atoms with van der Waals surface area (Å²) in [5.74, 6) is 1.22. The predicted molar refractivity (Wildman–Crippen MR) is 90.3 cm³/mol. The van der Waals surface area contributed by atoms with Crippen LogP contribution in [0.5, 0.6) is 0 Å². The molecule has 128 valence electrons. The Kier molecular flexibility index (Phi) is 9.16. The van der Waals surface area contributed by atoms with Gasteiger partial charge in [-0.2, -0.15) is 0 Å². The smallest absolute Gasteiger partial charge is 0.232 e. The Bertz CT molecular complexity index is 367. The van der Waals surface area contributed by atoms with Crippen LogP contribution in [0.3, 0.4) is 0 Å². The van der Waals surface area contributed by atoms with Crippen LogP contribution in [0.15, 0.2) is 0 Å². The van der Waals surface area contributed by atoms with Gasteiger partial charge in [-0.3, -0.25) is 9.59 Å². The van der Waals surface area contributed by atoms with Crippen LogP contribution in [0.25, 0.3) is 0 Å². The molecule has 2 unspecified atom stereocenters. The Morgan fingerprint density at radius 3 is 2.64 bits per heavy atom. The summed E-state index contributed by atoms with van der Waals surface area (Å²) in [6.45, 7) is 3.17. The fraction of sp³-hybridized carbons (Fsp3) is 0.857. The number of nitrogens with two attached hydrogens (primary N) is 1. The average Bonchev–Trinajstić information content (AvgIpc) is 2.95. The normalized spacial score (nSPS) is 24.7. The van der Waals surface area contributed by atoms with Crippen LogP contribution in [0, 0.1) is 5.92 Å². The van der Waals surface area contributed by atoms with Crippen molar-refractivity contribution in [3.05, 3.63) is 0 Å². The summed E-state index contributed by atoms with van der Waals surface area (Å²) in [5.41, 5.74) is 5.71. The van der Waals surface area contributed by atoms with Gasteiger partial charge in [0.15, 0.2) is 0 Å². The van der Waals surface area contributed by atoms with Crippen molar-refractivity contribution in [2.75, 3.05) is 44.4 Å². The van der Waals surface area contributed by atoms with E-state index in [-0.39, 0.29) is 30.3 Å². The molecule has 0 aromatic carbocycles. The van der Waals surface area contributed by atoms with Crippen LogP contribution in [0.4, 0.5) is 0 Å². The van der Waals surface area contributed by atoms with Crippen LogP contribution in [-0.4, -0.2) is 67.1 Å². The fourth-order valence-electron chi connectivity index (χ4n) is 2.89. The largest absolute Gasteiger partial charge is 0.378 e. The Balaban J connectivity index is 0.00000242. The minimum absolute atomic E-state index is 0. The Hall–Kier alpha value is -0.500. The SMILES string of the molecule is Cl.NCC1CCCC1NC(=O)CSCC(=O)N1CCOCC1. The molecule has 1 heterocycles. The molecule has 2 aliphatic rings. The average molecular weight is 352 g/mol. The first kappa shape index (κ1) is 19.5. The topological polar surface area (TPSA) is 84.7 Å². The van der Waals surface area contributed by atoms with E-state index < -0.39 is 0 Å². The second-order valence-electron chi connectivity index (χ2n) is 5.59. The molecule has 0 bridgehead atoms. The number of amides is 2. The Labute approximate surface area is 142 Å². The van der Waals surface area contributed by atoms with Gasteiger partial charge in [0.1, 0.15) is 0 Å². The highest BCUT2D eigenvalue weighted by Crippen LogP contribution is 2.24. The van der Waals surface area contributed by atoms with Crippen LogP contribution >= 0.6 is 24.2 Å². The number of hydrogen-bond acceptors (Lipinski definition) is 5. The minimum Gasteiger partial charge on any atom is -0.378 e. The number of thioether (sulfide) groups is 1. The van der Waals surface area contributed by atoms with Crippen LogP contribution in [0.1, 0.15) is 19.3 Å². The summed E-state index contributed by atoms with van der Waals surface area (Å²) < 4.78 is 5.21. The van der Waals surface area contributed by atoms with Gasteiger partial charge in [0, 0.05) is 19.1 Å². The molecule has 1 aliphatic carbocycles. The Morgan fingerprint density at radius 1 is 1.23 bits per heavy atom. The van der Waals surface area contributed by atoms with Gasteiger partial charge in [-0.1, -0.05) is 6.42 Å². The standard InChI is InChI=1S/C14H25N3O3S.ClH/c15-8-11-2-1-3-12(11)16-13(18)9-21-10-14(19)17-4-6-20-7-5-17;/h11-12H,1-10,15H2,(H,16,18);1H. The second-order valence-corrected chi connectivity index (χ2v) is 6.57. The quantitative estimate of drug-likeness (QED) is 0.716. The van der Waals surface area contributed by atoms with E-state index >= 15 is 0 Å². The molecule has 0 aromatic rings. The Morgan fingerprint density at radius 2 is 1.95 bits per heavy atom. The maximum Gasteiger partial charge on any atom is 0.232 e. The summed E-state index contributed by atoms with van der Waals surface area (Å²) in [6, 6.07) is 0.220. The molecule has 2 atom stereocenters. The molecule has 8 heteroatoms. The molecule has 1 saturated carbocycles. The van der Waals surface area contributed by atoms with E-state index in [1.54, 1.807) is 4.90 Å². The van der Waals surface area contributed by atoms with Crippen LogP contribution < -0.4 is 11.1 Å². The first-order valence-electron chi connectivity index (χ1n) is 7.63. The molecule has 2 rings (SSSR count). The van der Waals surface area contributed by atoms with Gasteiger partial charge in [0.05, 0.1) is 24.7 Å². The van der Waals surface area contributed by atoms with E-state index in [9.17, 15) is 9.59 Å². The van der Waals surface area contributed by atoms with Crippen molar-refractivity contribution in [2.24, 2.45) is 11.7 Å². The molecular weight excluding hydrogens is 326 g/mol. The second kappa shape index (κ2) is 10.3. The molecule has 0 aromatic heterocycles. The lowest BCUT2D eigenvalue weighted by molar-refractivity contribution is -0.132. The van der Waals surface area contributed by atoms with Gasteiger partial charge < -0.3 is 20.7 Å². The third kappa shape index (κ3) is 5.95.